The van der Waals surface area contributed by atoms with E-state index in [2.05, 4.69) is 25.5 Å². The molecule has 0 aliphatic carbocycles. The van der Waals surface area contributed by atoms with Gasteiger partial charge in [-0.1, -0.05) is 0 Å². The molecule has 2 aromatic heterocycles. The fraction of sp³-hybridized carbons (Fsp3) is 0.267. The number of rotatable bonds is 4. The van der Waals surface area contributed by atoms with Crippen LogP contribution in [0.4, 0.5) is 5.82 Å². The maximum atomic E-state index is 12.9. The minimum Gasteiger partial charge on any atom is -0.353 e. The molecule has 0 bridgehead atoms. The highest BCUT2D eigenvalue weighted by Crippen LogP contribution is 2.20. The fourth-order valence-corrected chi connectivity index (χ4v) is 4.23. The van der Waals surface area contributed by atoms with Crippen LogP contribution >= 0.6 is 0 Å². The molecular formula is C15H16N8O2S. The second kappa shape index (κ2) is 6.77. The zero-order chi connectivity index (χ0) is 18.0. The Balaban J connectivity index is 1.47. The van der Waals surface area contributed by atoms with E-state index in [0.29, 0.717) is 31.9 Å². The summed E-state index contributed by atoms with van der Waals surface area (Å²) in [5, 5.41) is 10.9. The van der Waals surface area contributed by atoms with Gasteiger partial charge in [-0.05, 0) is 34.7 Å². The van der Waals surface area contributed by atoms with Crippen LogP contribution in [0.25, 0.3) is 5.69 Å². The summed E-state index contributed by atoms with van der Waals surface area (Å²) in [4.78, 5) is 10.6. The van der Waals surface area contributed by atoms with Crippen LogP contribution in [0.2, 0.25) is 0 Å². The molecule has 3 aromatic rings. The second-order valence-corrected chi connectivity index (χ2v) is 7.64. The molecule has 0 spiro atoms. The fourth-order valence-electron chi connectivity index (χ4n) is 2.81. The maximum Gasteiger partial charge on any atom is 0.243 e. The summed E-state index contributed by atoms with van der Waals surface area (Å²) in [6.45, 7) is 1.93. The highest BCUT2D eigenvalue weighted by Gasteiger charge is 2.28. The summed E-state index contributed by atoms with van der Waals surface area (Å²) in [6, 6.07) is 6.50. The van der Waals surface area contributed by atoms with E-state index in [-0.39, 0.29) is 4.90 Å². The van der Waals surface area contributed by atoms with E-state index in [0.717, 1.165) is 5.82 Å². The van der Waals surface area contributed by atoms with Crippen molar-refractivity contribution in [1.29, 1.82) is 0 Å². The van der Waals surface area contributed by atoms with E-state index in [1.807, 2.05) is 4.90 Å². The van der Waals surface area contributed by atoms with Gasteiger partial charge in [-0.25, -0.2) is 18.1 Å². The van der Waals surface area contributed by atoms with Crippen molar-refractivity contribution in [2.75, 3.05) is 31.1 Å². The van der Waals surface area contributed by atoms with Crippen molar-refractivity contribution in [3.8, 4) is 5.69 Å². The predicted octanol–water partition coefficient (Wildman–Crippen LogP) is -0.0368. The quantitative estimate of drug-likeness (QED) is 0.628. The molecule has 1 aliphatic heterocycles. The van der Waals surface area contributed by atoms with Gasteiger partial charge in [-0.2, -0.15) is 4.31 Å². The Bertz CT molecular complexity index is 953. The van der Waals surface area contributed by atoms with E-state index >= 15 is 0 Å². The summed E-state index contributed by atoms with van der Waals surface area (Å²) in [5.41, 5.74) is 0.696. The number of sulfonamides is 1. The van der Waals surface area contributed by atoms with Crippen LogP contribution < -0.4 is 4.90 Å². The summed E-state index contributed by atoms with van der Waals surface area (Å²) < 4.78 is 28.7. The third-order valence-corrected chi connectivity index (χ3v) is 6.11. The molecule has 0 unspecified atom stereocenters. The van der Waals surface area contributed by atoms with Crippen LogP contribution in [0, 0.1) is 0 Å². The number of tetrazole rings is 1. The Labute approximate surface area is 150 Å². The average molecular weight is 372 g/mol. The standard InChI is InChI=1S/C15H16N8O2S/c24-26(25,14-3-1-13(2-4-14)23-12-18-19-20-23)22-9-7-21(8-10-22)15-11-16-5-6-17-15/h1-6,11-12H,7-10H2. The van der Waals surface area contributed by atoms with E-state index < -0.39 is 10.0 Å². The molecule has 26 heavy (non-hydrogen) atoms. The van der Waals surface area contributed by atoms with Crippen molar-refractivity contribution in [2.24, 2.45) is 0 Å². The lowest BCUT2D eigenvalue weighted by atomic mass is 10.3. The van der Waals surface area contributed by atoms with Gasteiger partial charge in [0.2, 0.25) is 10.0 Å². The molecule has 0 saturated carbocycles. The number of hydrogen-bond acceptors (Lipinski definition) is 8. The lowest BCUT2D eigenvalue weighted by Gasteiger charge is -2.34. The Kier molecular flexibility index (Phi) is 4.31. The average Bonchev–Trinajstić information content (AvgIpc) is 3.24. The molecule has 1 fully saturated rings. The summed E-state index contributed by atoms with van der Waals surface area (Å²) in [7, 11) is -3.54. The lowest BCUT2D eigenvalue weighted by molar-refractivity contribution is 0.383. The molecule has 3 heterocycles. The number of benzene rings is 1. The molecule has 1 aliphatic rings. The summed E-state index contributed by atoms with van der Waals surface area (Å²) in [6.07, 6.45) is 6.38. The minimum atomic E-state index is -3.54. The van der Waals surface area contributed by atoms with E-state index in [4.69, 9.17) is 0 Å². The van der Waals surface area contributed by atoms with Gasteiger partial charge in [-0.15, -0.1) is 5.10 Å². The normalized spacial score (nSPS) is 15.9. The van der Waals surface area contributed by atoms with E-state index in [1.54, 1.807) is 42.9 Å². The number of anilines is 1. The van der Waals surface area contributed by atoms with Crippen LogP contribution in [-0.4, -0.2) is 69.1 Å². The van der Waals surface area contributed by atoms with Crippen molar-refractivity contribution in [3.05, 3.63) is 49.2 Å². The second-order valence-electron chi connectivity index (χ2n) is 5.70. The third kappa shape index (κ3) is 3.13. The van der Waals surface area contributed by atoms with Gasteiger partial charge in [0.25, 0.3) is 0 Å². The molecule has 10 nitrogen and oxygen atoms in total. The lowest BCUT2D eigenvalue weighted by Crippen LogP contribution is -2.48. The van der Waals surface area contributed by atoms with Crippen molar-refractivity contribution in [3.63, 3.8) is 0 Å². The first-order chi connectivity index (χ1) is 12.6. The van der Waals surface area contributed by atoms with Crippen LogP contribution in [0.1, 0.15) is 0 Å². The largest absolute Gasteiger partial charge is 0.353 e. The van der Waals surface area contributed by atoms with Gasteiger partial charge < -0.3 is 4.90 Å². The highest BCUT2D eigenvalue weighted by atomic mass is 32.2. The van der Waals surface area contributed by atoms with Crippen LogP contribution in [0.3, 0.4) is 0 Å². The topological polar surface area (TPSA) is 110 Å². The number of hydrogen-bond donors (Lipinski definition) is 0. The minimum absolute atomic E-state index is 0.252. The van der Waals surface area contributed by atoms with Crippen LogP contribution in [0.15, 0.2) is 54.1 Å². The zero-order valence-corrected chi connectivity index (χ0v) is 14.6. The molecule has 1 saturated heterocycles. The maximum absolute atomic E-state index is 12.9. The van der Waals surface area contributed by atoms with Gasteiger partial charge in [0, 0.05) is 38.6 Å². The van der Waals surface area contributed by atoms with Crippen molar-refractivity contribution in [2.45, 2.75) is 4.90 Å². The number of aromatic nitrogens is 6. The van der Waals surface area contributed by atoms with E-state index in [1.165, 1.54) is 15.3 Å². The SMILES string of the molecule is O=S(=O)(c1ccc(-n2cnnn2)cc1)N1CCN(c2cnccn2)CC1. The predicted molar refractivity (Wildman–Crippen MR) is 92.2 cm³/mol. The molecular weight excluding hydrogens is 356 g/mol. The van der Waals surface area contributed by atoms with E-state index in [9.17, 15) is 8.42 Å². The van der Waals surface area contributed by atoms with Gasteiger partial charge in [-0.3, -0.25) is 4.98 Å². The monoisotopic (exact) mass is 372 g/mol. The molecule has 4 rings (SSSR count). The molecule has 134 valence electrons. The van der Waals surface area contributed by atoms with Crippen molar-refractivity contribution >= 4 is 15.8 Å². The molecule has 0 amide bonds. The highest BCUT2D eigenvalue weighted by molar-refractivity contribution is 7.89. The summed E-state index contributed by atoms with van der Waals surface area (Å²) >= 11 is 0. The molecule has 11 heteroatoms. The molecule has 0 atom stereocenters. The third-order valence-electron chi connectivity index (χ3n) is 4.20. The first-order valence-electron chi connectivity index (χ1n) is 7.99. The number of piperazine rings is 1. The first-order valence-corrected chi connectivity index (χ1v) is 9.43. The Morgan fingerprint density at radius 1 is 0.962 bits per heavy atom. The molecule has 0 N–H and O–H groups in total. The Morgan fingerprint density at radius 3 is 2.35 bits per heavy atom. The van der Waals surface area contributed by atoms with Gasteiger partial charge in [0.05, 0.1) is 16.8 Å². The zero-order valence-electron chi connectivity index (χ0n) is 13.7. The van der Waals surface area contributed by atoms with Gasteiger partial charge >= 0.3 is 0 Å². The Hall–Kier alpha value is -2.92. The van der Waals surface area contributed by atoms with Crippen molar-refractivity contribution < 1.29 is 8.42 Å². The van der Waals surface area contributed by atoms with Gasteiger partial charge in [0.1, 0.15) is 12.1 Å². The first kappa shape index (κ1) is 16.5. The number of nitrogens with zero attached hydrogens (tertiary/aromatic N) is 8. The van der Waals surface area contributed by atoms with Gasteiger partial charge in [0.15, 0.2) is 0 Å². The molecule has 0 radical (unpaired) electrons. The van der Waals surface area contributed by atoms with Crippen LogP contribution in [-0.2, 0) is 10.0 Å². The van der Waals surface area contributed by atoms with Crippen LogP contribution in [0.5, 0.6) is 0 Å². The molecule has 1 aromatic carbocycles. The summed E-state index contributed by atoms with van der Waals surface area (Å²) in [5.74, 6) is 0.760. The Morgan fingerprint density at radius 2 is 1.73 bits per heavy atom. The smallest absolute Gasteiger partial charge is 0.243 e. The van der Waals surface area contributed by atoms with Crippen molar-refractivity contribution in [1.82, 2.24) is 34.5 Å².